The first-order valence-corrected chi connectivity index (χ1v) is 6.92. The highest BCUT2D eigenvalue weighted by molar-refractivity contribution is 5.75. The summed E-state index contributed by atoms with van der Waals surface area (Å²) >= 11 is 0. The summed E-state index contributed by atoms with van der Waals surface area (Å²) in [4.78, 5) is 11.7. The van der Waals surface area contributed by atoms with Crippen molar-refractivity contribution in [1.82, 2.24) is 15.2 Å². The lowest BCUT2D eigenvalue weighted by atomic mass is 10.1. The van der Waals surface area contributed by atoms with Crippen LogP contribution in [0, 0.1) is 5.92 Å². The van der Waals surface area contributed by atoms with Crippen LogP contribution in [-0.4, -0.2) is 22.6 Å². The smallest absolute Gasteiger partial charge is 0.239 e. The van der Waals surface area contributed by atoms with Crippen LogP contribution in [0.2, 0.25) is 0 Å². The van der Waals surface area contributed by atoms with E-state index in [1.54, 1.807) is 0 Å². The van der Waals surface area contributed by atoms with Gasteiger partial charge in [-0.25, -0.2) is 0 Å². The van der Waals surface area contributed by atoms with Crippen molar-refractivity contribution in [2.45, 2.75) is 53.2 Å². The van der Waals surface area contributed by atoms with E-state index >= 15 is 0 Å². The number of hydrogen-bond acceptors (Lipinski definition) is 2. The fraction of sp³-hybridized carbons (Fsp3) is 0.667. The van der Waals surface area contributed by atoms with E-state index in [1.165, 1.54) is 5.56 Å². The third-order valence-corrected chi connectivity index (χ3v) is 2.67. The third-order valence-electron chi connectivity index (χ3n) is 2.67. The summed E-state index contributed by atoms with van der Waals surface area (Å²) in [5, 5.41) is 6.35. The van der Waals surface area contributed by atoms with E-state index in [2.05, 4.69) is 51.3 Å². The van der Waals surface area contributed by atoms with Crippen molar-refractivity contribution >= 4 is 5.91 Å². The molecule has 4 nitrogen and oxygen atoms in total. The Kier molecular flexibility index (Phi) is 5.60. The van der Waals surface area contributed by atoms with Gasteiger partial charge in [-0.15, -0.1) is 0 Å². The SMILES string of the molecule is CC(C)CNC(=O)Cn1ccc(CNC(C)(C)C)c1. The minimum absolute atomic E-state index is 0.0691. The molecule has 0 bridgehead atoms. The second-order valence-electron chi connectivity index (χ2n) is 6.49. The zero-order chi connectivity index (χ0) is 14.5. The van der Waals surface area contributed by atoms with Gasteiger partial charge in [-0.1, -0.05) is 13.8 Å². The van der Waals surface area contributed by atoms with Crippen LogP contribution in [0.3, 0.4) is 0 Å². The maximum atomic E-state index is 11.7. The molecule has 0 spiro atoms. The van der Waals surface area contributed by atoms with Crippen molar-refractivity contribution in [3.05, 3.63) is 24.0 Å². The number of aromatic nitrogens is 1. The molecule has 1 heterocycles. The molecule has 0 radical (unpaired) electrons. The number of hydrogen-bond donors (Lipinski definition) is 2. The van der Waals surface area contributed by atoms with Gasteiger partial charge in [0.1, 0.15) is 6.54 Å². The van der Waals surface area contributed by atoms with Crippen molar-refractivity contribution in [1.29, 1.82) is 0 Å². The van der Waals surface area contributed by atoms with Crippen LogP contribution in [0.1, 0.15) is 40.2 Å². The van der Waals surface area contributed by atoms with Crippen LogP contribution in [0.5, 0.6) is 0 Å². The summed E-state index contributed by atoms with van der Waals surface area (Å²) in [5.41, 5.74) is 1.31. The van der Waals surface area contributed by atoms with Crippen LogP contribution in [0.15, 0.2) is 18.5 Å². The van der Waals surface area contributed by atoms with E-state index in [1.807, 2.05) is 17.0 Å². The zero-order valence-corrected chi connectivity index (χ0v) is 12.8. The van der Waals surface area contributed by atoms with Crippen LogP contribution >= 0.6 is 0 Å². The van der Waals surface area contributed by atoms with Gasteiger partial charge in [0.05, 0.1) is 0 Å². The van der Waals surface area contributed by atoms with Crippen molar-refractivity contribution in [3.63, 3.8) is 0 Å². The van der Waals surface area contributed by atoms with Gasteiger partial charge in [0.25, 0.3) is 0 Å². The standard InChI is InChI=1S/C15H27N3O/c1-12(2)8-16-14(19)11-18-7-6-13(10-18)9-17-15(3,4)5/h6-7,10,12,17H,8-9,11H2,1-5H3,(H,16,19). The number of carbonyl (C=O) groups excluding carboxylic acids is 1. The minimum Gasteiger partial charge on any atom is -0.354 e. The van der Waals surface area contributed by atoms with E-state index in [-0.39, 0.29) is 11.4 Å². The molecule has 0 aliphatic rings. The number of amides is 1. The lowest BCUT2D eigenvalue weighted by Gasteiger charge is -2.19. The first kappa shape index (κ1) is 15.8. The number of rotatable bonds is 6. The van der Waals surface area contributed by atoms with Crippen molar-refractivity contribution in [2.24, 2.45) is 5.92 Å². The Morgan fingerprint density at radius 1 is 1.37 bits per heavy atom. The van der Waals surface area contributed by atoms with E-state index in [0.29, 0.717) is 12.5 Å². The summed E-state index contributed by atoms with van der Waals surface area (Å²) < 4.78 is 1.93. The topological polar surface area (TPSA) is 46.1 Å². The van der Waals surface area contributed by atoms with E-state index < -0.39 is 0 Å². The summed E-state index contributed by atoms with van der Waals surface area (Å²) in [6.45, 7) is 12.6. The highest BCUT2D eigenvalue weighted by Gasteiger charge is 2.09. The molecule has 0 fully saturated rings. The first-order chi connectivity index (χ1) is 8.76. The Morgan fingerprint density at radius 2 is 2.05 bits per heavy atom. The molecule has 19 heavy (non-hydrogen) atoms. The van der Waals surface area contributed by atoms with Crippen LogP contribution in [0.4, 0.5) is 0 Å². The monoisotopic (exact) mass is 265 g/mol. The maximum Gasteiger partial charge on any atom is 0.239 e. The van der Waals surface area contributed by atoms with Gasteiger partial charge in [0, 0.05) is 31.0 Å². The van der Waals surface area contributed by atoms with E-state index in [4.69, 9.17) is 0 Å². The molecule has 1 aromatic rings. The average molecular weight is 265 g/mol. The summed E-state index contributed by atoms with van der Waals surface area (Å²) in [5.74, 6) is 0.555. The molecule has 0 aliphatic heterocycles. The van der Waals surface area contributed by atoms with Crippen LogP contribution in [-0.2, 0) is 17.9 Å². The molecule has 1 rings (SSSR count). The number of nitrogens with zero attached hydrogens (tertiary/aromatic N) is 1. The van der Waals surface area contributed by atoms with Gasteiger partial charge < -0.3 is 15.2 Å². The zero-order valence-electron chi connectivity index (χ0n) is 12.8. The van der Waals surface area contributed by atoms with E-state index in [0.717, 1.165) is 13.1 Å². The number of carbonyl (C=O) groups is 1. The Labute approximate surface area is 116 Å². The number of nitrogens with one attached hydrogen (secondary N) is 2. The molecule has 1 aromatic heterocycles. The Hall–Kier alpha value is -1.29. The second kappa shape index (κ2) is 6.75. The van der Waals surface area contributed by atoms with Crippen molar-refractivity contribution in [3.8, 4) is 0 Å². The van der Waals surface area contributed by atoms with Gasteiger partial charge in [-0.05, 0) is 38.3 Å². The summed E-state index contributed by atoms with van der Waals surface area (Å²) in [7, 11) is 0. The molecule has 108 valence electrons. The molecular weight excluding hydrogens is 238 g/mol. The average Bonchev–Trinajstić information content (AvgIpc) is 2.70. The predicted molar refractivity (Wildman–Crippen MR) is 78.9 cm³/mol. The van der Waals surface area contributed by atoms with Crippen LogP contribution in [0.25, 0.3) is 0 Å². The third kappa shape index (κ3) is 7.01. The molecule has 0 saturated heterocycles. The summed E-state index contributed by atoms with van der Waals surface area (Å²) in [6, 6.07) is 2.05. The molecule has 4 heteroatoms. The molecule has 0 atom stereocenters. The normalized spacial score (nSPS) is 11.9. The molecule has 0 aromatic carbocycles. The molecule has 0 unspecified atom stereocenters. The van der Waals surface area contributed by atoms with Crippen molar-refractivity contribution < 1.29 is 4.79 Å². The molecule has 2 N–H and O–H groups in total. The predicted octanol–water partition coefficient (Wildman–Crippen LogP) is 2.15. The van der Waals surface area contributed by atoms with Gasteiger partial charge >= 0.3 is 0 Å². The Morgan fingerprint density at radius 3 is 2.63 bits per heavy atom. The van der Waals surface area contributed by atoms with Crippen LogP contribution < -0.4 is 10.6 Å². The Bertz CT molecular complexity index is 402. The largest absolute Gasteiger partial charge is 0.354 e. The van der Waals surface area contributed by atoms with Gasteiger partial charge in [0.15, 0.2) is 0 Å². The molecule has 1 amide bonds. The lowest BCUT2D eigenvalue weighted by Crippen LogP contribution is -2.35. The molecule has 0 aliphatic carbocycles. The highest BCUT2D eigenvalue weighted by Crippen LogP contribution is 2.05. The first-order valence-electron chi connectivity index (χ1n) is 6.92. The van der Waals surface area contributed by atoms with E-state index in [9.17, 15) is 4.79 Å². The van der Waals surface area contributed by atoms with Gasteiger partial charge in [0.2, 0.25) is 5.91 Å². The van der Waals surface area contributed by atoms with Gasteiger partial charge in [-0.2, -0.15) is 0 Å². The minimum atomic E-state index is 0.0691. The fourth-order valence-electron chi connectivity index (χ4n) is 1.60. The highest BCUT2D eigenvalue weighted by atomic mass is 16.1. The van der Waals surface area contributed by atoms with Crippen molar-refractivity contribution in [2.75, 3.05) is 6.54 Å². The quantitative estimate of drug-likeness (QED) is 0.828. The van der Waals surface area contributed by atoms with Gasteiger partial charge in [-0.3, -0.25) is 4.79 Å². The Balaban J connectivity index is 2.40. The fourth-order valence-corrected chi connectivity index (χ4v) is 1.60. The molecule has 0 saturated carbocycles. The maximum absolute atomic E-state index is 11.7. The summed E-state index contributed by atoms with van der Waals surface area (Å²) in [6.07, 6.45) is 3.97. The lowest BCUT2D eigenvalue weighted by molar-refractivity contribution is -0.121. The second-order valence-corrected chi connectivity index (χ2v) is 6.49. The molecular formula is C15H27N3O.